The van der Waals surface area contributed by atoms with E-state index in [0.29, 0.717) is 23.9 Å². The Kier molecular flexibility index (Phi) is 5.37. The molecule has 30 heavy (non-hydrogen) atoms. The lowest BCUT2D eigenvalue weighted by Gasteiger charge is -2.27. The highest BCUT2D eigenvalue weighted by Crippen LogP contribution is 2.22. The number of hydrogen-bond acceptors (Lipinski definition) is 5. The first kappa shape index (κ1) is 19.8. The third kappa shape index (κ3) is 4.41. The number of aromatic amines is 1. The molecule has 0 fully saturated rings. The van der Waals surface area contributed by atoms with Crippen LogP contribution in [0, 0.1) is 6.92 Å². The van der Waals surface area contributed by atoms with E-state index < -0.39 is 5.60 Å². The molecule has 0 aliphatic carbocycles. The molecule has 2 aromatic heterocycles. The molecule has 0 radical (unpaired) electrons. The lowest BCUT2D eigenvalue weighted by Crippen LogP contribution is -2.34. The van der Waals surface area contributed by atoms with Gasteiger partial charge in [-0.2, -0.15) is 9.50 Å². The van der Waals surface area contributed by atoms with Crippen LogP contribution in [0.5, 0.6) is 5.75 Å². The Bertz CT molecular complexity index is 1210. The van der Waals surface area contributed by atoms with E-state index >= 15 is 0 Å². The van der Waals surface area contributed by atoms with Gasteiger partial charge in [0.25, 0.3) is 11.3 Å². The molecule has 0 bridgehead atoms. The quantitative estimate of drug-likeness (QED) is 0.507. The van der Waals surface area contributed by atoms with Crippen molar-refractivity contribution in [3.8, 4) is 17.1 Å². The third-order valence-corrected chi connectivity index (χ3v) is 4.61. The largest absolute Gasteiger partial charge is 0.485 e. The molecule has 0 atom stereocenters. The van der Waals surface area contributed by atoms with Crippen LogP contribution in [0.4, 0.5) is 0 Å². The maximum absolute atomic E-state index is 12.5. The van der Waals surface area contributed by atoms with Crippen LogP contribution in [0.3, 0.4) is 0 Å². The van der Waals surface area contributed by atoms with Crippen LogP contribution in [-0.2, 0) is 11.3 Å². The summed E-state index contributed by atoms with van der Waals surface area (Å²) in [7, 11) is 0. The molecule has 0 unspecified atom stereocenters. The maximum atomic E-state index is 12.5. The van der Waals surface area contributed by atoms with E-state index in [1.54, 1.807) is 0 Å². The van der Waals surface area contributed by atoms with Gasteiger partial charge in [-0.05, 0) is 32.4 Å². The molecular weight excluding hydrogens is 380 g/mol. The Labute approximate surface area is 174 Å². The van der Waals surface area contributed by atoms with Gasteiger partial charge in [0, 0.05) is 11.6 Å². The van der Waals surface area contributed by atoms with Crippen molar-refractivity contribution in [2.24, 2.45) is 0 Å². The molecule has 4 aromatic rings. The van der Waals surface area contributed by atoms with Gasteiger partial charge < -0.3 is 9.47 Å². The van der Waals surface area contributed by atoms with E-state index in [2.05, 4.69) is 15.1 Å². The number of rotatable bonds is 7. The summed E-state index contributed by atoms with van der Waals surface area (Å²) < 4.78 is 13.2. The van der Waals surface area contributed by atoms with E-state index in [0.717, 1.165) is 16.9 Å². The summed E-state index contributed by atoms with van der Waals surface area (Å²) in [4.78, 5) is 21.4. The normalized spacial score (nSPS) is 11.7. The SMILES string of the molecule is Cc1ccccc1OC(C)(C)COCc1cc(=O)n2[nH]c(-c3ccccc3)nc2n1. The zero-order chi connectivity index (χ0) is 21.1. The summed E-state index contributed by atoms with van der Waals surface area (Å²) in [5, 5.41) is 2.99. The zero-order valence-electron chi connectivity index (χ0n) is 17.3. The van der Waals surface area contributed by atoms with Crippen molar-refractivity contribution in [3.05, 3.63) is 82.3 Å². The van der Waals surface area contributed by atoms with E-state index in [-0.39, 0.29) is 12.2 Å². The van der Waals surface area contributed by atoms with Crippen molar-refractivity contribution in [1.29, 1.82) is 0 Å². The molecule has 0 saturated carbocycles. The molecule has 0 aliphatic heterocycles. The summed E-state index contributed by atoms with van der Waals surface area (Å²) in [5.74, 6) is 1.73. The van der Waals surface area contributed by atoms with Gasteiger partial charge in [0.2, 0.25) is 0 Å². The third-order valence-electron chi connectivity index (χ3n) is 4.61. The average Bonchev–Trinajstić information content (AvgIpc) is 3.15. The minimum Gasteiger partial charge on any atom is -0.485 e. The topological polar surface area (TPSA) is 81.5 Å². The number of benzene rings is 2. The van der Waals surface area contributed by atoms with Crippen LogP contribution < -0.4 is 10.3 Å². The summed E-state index contributed by atoms with van der Waals surface area (Å²) in [6, 6.07) is 18.9. The van der Waals surface area contributed by atoms with Crippen LogP contribution in [-0.4, -0.2) is 31.8 Å². The van der Waals surface area contributed by atoms with E-state index in [4.69, 9.17) is 9.47 Å². The zero-order valence-corrected chi connectivity index (χ0v) is 17.3. The predicted octanol–water partition coefficient (Wildman–Crippen LogP) is 3.77. The van der Waals surface area contributed by atoms with Crippen LogP contribution >= 0.6 is 0 Å². The first-order chi connectivity index (χ1) is 14.4. The fourth-order valence-electron chi connectivity index (χ4n) is 3.13. The summed E-state index contributed by atoms with van der Waals surface area (Å²) in [5.41, 5.74) is 1.72. The Morgan fingerprint density at radius 2 is 1.77 bits per heavy atom. The number of hydrogen-bond donors (Lipinski definition) is 1. The van der Waals surface area contributed by atoms with Gasteiger partial charge in [-0.15, -0.1) is 0 Å². The van der Waals surface area contributed by atoms with Crippen LogP contribution in [0.15, 0.2) is 65.5 Å². The van der Waals surface area contributed by atoms with Gasteiger partial charge >= 0.3 is 0 Å². The molecule has 2 aromatic carbocycles. The minimum absolute atomic E-state index is 0.194. The van der Waals surface area contributed by atoms with E-state index in [9.17, 15) is 4.79 Å². The smallest absolute Gasteiger partial charge is 0.274 e. The van der Waals surface area contributed by atoms with Gasteiger partial charge in [0.05, 0.1) is 18.9 Å². The lowest BCUT2D eigenvalue weighted by atomic mass is 10.1. The molecule has 0 amide bonds. The van der Waals surface area contributed by atoms with Crippen molar-refractivity contribution >= 4 is 5.78 Å². The molecular formula is C23H24N4O3. The first-order valence-corrected chi connectivity index (χ1v) is 9.78. The number of aromatic nitrogens is 4. The maximum Gasteiger partial charge on any atom is 0.274 e. The number of H-pyrrole nitrogens is 1. The molecule has 7 nitrogen and oxygen atoms in total. The fraction of sp³-hybridized carbons (Fsp3) is 0.261. The predicted molar refractivity (Wildman–Crippen MR) is 115 cm³/mol. The number of nitrogens with zero attached hydrogens (tertiary/aromatic N) is 3. The molecule has 0 spiro atoms. The average molecular weight is 404 g/mol. The molecule has 4 rings (SSSR count). The fourth-order valence-corrected chi connectivity index (χ4v) is 3.13. The Hall–Kier alpha value is -3.45. The summed E-state index contributed by atoms with van der Waals surface area (Å²) in [6.45, 7) is 6.47. The molecule has 7 heteroatoms. The number of ether oxygens (including phenoxy) is 2. The second kappa shape index (κ2) is 8.12. The Morgan fingerprint density at radius 1 is 1.03 bits per heavy atom. The van der Waals surface area contributed by atoms with Crippen molar-refractivity contribution in [3.63, 3.8) is 0 Å². The molecule has 1 N–H and O–H groups in total. The van der Waals surface area contributed by atoms with Crippen LogP contribution in [0.25, 0.3) is 17.2 Å². The van der Waals surface area contributed by atoms with Gasteiger partial charge in [-0.3, -0.25) is 9.89 Å². The van der Waals surface area contributed by atoms with Crippen LogP contribution in [0.2, 0.25) is 0 Å². The lowest BCUT2D eigenvalue weighted by molar-refractivity contribution is -0.0113. The molecule has 0 saturated heterocycles. The number of fused-ring (bicyclic) bond motifs is 1. The van der Waals surface area contributed by atoms with E-state index in [1.165, 1.54) is 10.6 Å². The Morgan fingerprint density at radius 3 is 2.53 bits per heavy atom. The van der Waals surface area contributed by atoms with Crippen molar-refractivity contribution in [2.45, 2.75) is 33.0 Å². The van der Waals surface area contributed by atoms with Crippen molar-refractivity contribution < 1.29 is 9.47 Å². The van der Waals surface area contributed by atoms with Gasteiger partial charge in [-0.1, -0.05) is 48.5 Å². The summed E-state index contributed by atoms with van der Waals surface area (Å²) in [6.07, 6.45) is 0. The van der Waals surface area contributed by atoms with Crippen molar-refractivity contribution in [2.75, 3.05) is 6.61 Å². The summed E-state index contributed by atoms with van der Waals surface area (Å²) >= 11 is 0. The second-order valence-electron chi connectivity index (χ2n) is 7.78. The number of aryl methyl sites for hydroxylation is 1. The van der Waals surface area contributed by atoms with Crippen molar-refractivity contribution in [1.82, 2.24) is 19.6 Å². The monoisotopic (exact) mass is 404 g/mol. The Balaban J connectivity index is 1.45. The highest BCUT2D eigenvalue weighted by atomic mass is 16.5. The molecule has 154 valence electrons. The standard InChI is InChI=1S/C23H24N4O3/c1-16-9-7-8-12-19(16)30-23(2,3)15-29-14-18-13-20(28)27-22(24-18)25-21(26-27)17-10-5-4-6-11-17/h4-13H,14-15H2,1-3H3,(H,24,25,26). The number of nitrogens with one attached hydrogen (secondary N) is 1. The van der Waals surface area contributed by atoms with Gasteiger partial charge in [-0.25, -0.2) is 4.98 Å². The van der Waals surface area contributed by atoms with Gasteiger partial charge in [0.1, 0.15) is 11.4 Å². The molecule has 0 aliphatic rings. The minimum atomic E-state index is -0.530. The highest BCUT2D eigenvalue weighted by molar-refractivity contribution is 5.56. The first-order valence-electron chi connectivity index (χ1n) is 9.78. The second-order valence-corrected chi connectivity index (χ2v) is 7.78. The van der Waals surface area contributed by atoms with Crippen LogP contribution in [0.1, 0.15) is 25.1 Å². The molecule has 2 heterocycles. The van der Waals surface area contributed by atoms with Gasteiger partial charge in [0.15, 0.2) is 5.82 Å². The van der Waals surface area contributed by atoms with E-state index in [1.807, 2.05) is 75.4 Å². The highest BCUT2D eigenvalue weighted by Gasteiger charge is 2.21. The number of para-hydroxylation sites is 1.